The first kappa shape index (κ1) is 19.0. The summed E-state index contributed by atoms with van der Waals surface area (Å²) < 4.78 is 7.18. The third-order valence-electron chi connectivity index (χ3n) is 4.32. The summed E-state index contributed by atoms with van der Waals surface area (Å²) in [6.45, 7) is 0.0940. The Kier molecular flexibility index (Phi) is 5.92. The van der Waals surface area contributed by atoms with Crippen LogP contribution in [0, 0.1) is 11.3 Å². The molecule has 7 nitrogen and oxygen atoms in total. The zero-order valence-electron chi connectivity index (χ0n) is 15.7. The van der Waals surface area contributed by atoms with Gasteiger partial charge in [0.25, 0.3) is 0 Å². The number of hydrogen-bond donors (Lipinski definition) is 2. The summed E-state index contributed by atoms with van der Waals surface area (Å²) in [6, 6.07) is 16.1. The minimum atomic E-state index is -0.412. The lowest BCUT2D eigenvalue weighted by Crippen LogP contribution is -2.35. The Hall–Kier alpha value is -3.79. The number of nitriles is 1. The Bertz CT molecular complexity index is 989. The molecule has 1 heterocycles. The number of benzene rings is 2. The van der Waals surface area contributed by atoms with Crippen LogP contribution < -0.4 is 15.4 Å². The van der Waals surface area contributed by atoms with Crippen molar-refractivity contribution in [2.45, 2.75) is 6.04 Å². The van der Waals surface area contributed by atoms with Crippen LogP contribution in [-0.2, 0) is 11.8 Å². The fourth-order valence-corrected chi connectivity index (χ4v) is 2.83. The molecular formula is C21H21N5O2. The molecule has 3 aromatic rings. The summed E-state index contributed by atoms with van der Waals surface area (Å²) in [5.41, 5.74) is 2.22. The molecule has 0 radical (unpaired) electrons. The van der Waals surface area contributed by atoms with E-state index in [9.17, 15) is 4.79 Å². The van der Waals surface area contributed by atoms with E-state index in [2.05, 4.69) is 21.7 Å². The number of aromatic nitrogens is 2. The van der Waals surface area contributed by atoms with Crippen LogP contribution in [0.1, 0.15) is 23.0 Å². The SMILES string of the molecule is COc1cccc([C@@H](NC(=O)CNc2ccc(C#N)cc2)c2nccn2C)c1. The molecule has 7 heteroatoms. The second kappa shape index (κ2) is 8.73. The van der Waals surface area contributed by atoms with E-state index in [1.54, 1.807) is 37.6 Å². The van der Waals surface area contributed by atoms with Crippen LogP contribution in [0.2, 0.25) is 0 Å². The summed E-state index contributed by atoms with van der Waals surface area (Å²) in [5.74, 6) is 1.25. The molecule has 2 N–H and O–H groups in total. The fraction of sp³-hybridized carbons (Fsp3) is 0.190. The second-order valence-electron chi connectivity index (χ2n) is 6.22. The third kappa shape index (κ3) is 4.48. The van der Waals surface area contributed by atoms with Crippen LogP contribution in [0.3, 0.4) is 0 Å². The number of amides is 1. The topological polar surface area (TPSA) is 92.0 Å². The summed E-state index contributed by atoms with van der Waals surface area (Å²) >= 11 is 0. The molecule has 142 valence electrons. The normalized spacial score (nSPS) is 11.3. The van der Waals surface area contributed by atoms with Crippen molar-refractivity contribution in [2.24, 2.45) is 7.05 Å². The maximum Gasteiger partial charge on any atom is 0.240 e. The zero-order chi connectivity index (χ0) is 19.9. The highest BCUT2D eigenvalue weighted by Crippen LogP contribution is 2.24. The van der Waals surface area contributed by atoms with Gasteiger partial charge < -0.3 is 19.9 Å². The number of nitrogens with one attached hydrogen (secondary N) is 2. The molecule has 2 aromatic carbocycles. The lowest BCUT2D eigenvalue weighted by atomic mass is 10.1. The minimum absolute atomic E-state index is 0.0940. The van der Waals surface area contributed by atoms with Gasteiger partial charge >= 0.3 is 0 Å². The maximum atomic E-state index is 12.6. The Morgan fingerprint density at radius 3 is 2.71 bits per heavy atom. The summed E-state index contributed by atoms with van der Waals surface area (Å²) in [6.07, 6.45) is 3.54. The predicted octanol–water partition coefficient (Wildman–Crippen LogP) is 2.62. The van der Waals surface area contributed by atoms with Gasteiger partial charge in [-0.2, -0.15) is 5.26 Å². The van der Waals surface area contributed by atoms with E-state index >= 15 is 0 Å². The largest absolute Gasteiger partial charge is 0.497 e. The highest BCUT2D eigenvalue weighted by atomic mass is 16.5. The van der Waals surface area contributed by atoms with Gasteiger partial charge in [-0.3, -0.25) is 4.79 Å². The van der Waals surface area contributed by atoms with Crippen molar-refractivity contribution in [3.05, 3.63) is 77.9 Å². The average Bonchev–Trinajstić information content (AvgIpc) is 3.16. The van der Waals surface area contributed by atoms with Crippen LogP contribution in [0.5, 0.6) is 5.75 Å². The van der Waals surface area contributed by atoms with Crippen molar-refractivity contribution in [1.29, 1.82) is 5.26 Å². The minimum Gasteiger partial charge on any atom is -0.497 e. The molecule has 3 rings (SSSR count). The van der Waals surface area contributed by atoms with Gasteiger partial charge in [0.15, 0.2) is 0 Å². The number of carbonyl (C=O) groups is 1. The van der Waals surface area contributed by atoms with E-state index in [4.69, 9.17) is 10.00 Å². The van der Waals surface area contributed by atoms with Crippen LogP contribution in [-0.4, -0.2) is 29.1 Å². The predicted molar refractivity (Wildman–Crippen MR) is 106 cm³/mol. The van der Waals surface area contributed by atoms with Crippen molar-refractivity contribution < 1.29 is 9.53 Å². The summed E-state index contributed by atoms with van der Waals surface area (Å²) in [7, 11) is 3.49. The Morgan fingerprint density at radius 2 is 2.07 bits per heavy atom. The average molecular weight is 375 g/mol. The third-order valence-corrected chi connectivity index (χ3v) is 4.32. The van der Waals surface area contributed by atoms with Gasteiger partial charge in [-0.15, -0.1) is 0 Å². The highest BCUT2D eigenvalue weighted by Gasteiger charge is 2.21. The summed E-state index contributed by atoms with van der Waals surface area (Å²) in [4.78, 5) is 17.0. The number of ether oxygens (including phenoxy) is 1. The Morgan fingerprint density at radius 1 is 1.29 bits per heavy atom. The van der Waals surface area contributed by atoms with E-state index in [1.807, 2.05) is 42.1 Å². The number of carbonyl (C=O) groups excluding carboxylic acids is 1. The van der Waals surface area contributed by atoms with Crippen molar-refractivity contribution in [2.75, 3.05) is 19.0 Å². The van der Waals surface area contributed by atoms with E-state index in [0.29, 0.717) is 11.3 Å². The molecule has 0 spiro atoms. The molecule has 0 fully saturated rings. The number of nitrogens with zero attached hydrogens (tertiary/aromatic N) is 3. The highest BCUT2D eigenvalue weighted by molar-refractivity contribution is 5.81. The van der Waals surface area contributed by atoms with Crippen molar-refractivity contribution in [3.63, 3.8) is 0 Å². The standard InChI is InChI=1S/C21H21N5O2/c1-26-11-10-23-21(26)20(16-4-3-5-18(12-16)28-2)25-19(27)14-24-17-8-6-15(13-22)7-9-17/h3-12,20,24H,14H2,1-2H3,(H,25,27)/t20-/m1/s1. The van der Waals surface area contributed by atoms with Crippen molar-refractivity contribution >= 4 is 11.6 Å². The molecule has 1 atom stereocenters. The first-order chi connectivity index (χ1) is 13.6. The first-order valence-corrected chi connectivity index (χ1v) is 8.75. The molecule has 28 heavy (non-hydrogen) atoms. The first-order valence-electron chi connectivity index (χ1n) is 8.75. The molecule has 0 saturated heterocycles. The molecule has 0 aliphatic carbocycles. The molecule has 0 aliphatic heterocycles. The molecular weight excluding hydrogens is 354 g/mol. The van der Waals surface area contributed by atoms with E-state index in [0.717, 1.165) is 17.1 Å². The summed E-state index contributed by atoms with van der Waals surface area (Å²) in [5, 5.41) is 14.9. The number of rotatable bonds is 7. The lowest BCUT2D eigenvalue weighted by Gasteiger charge is -2.20. The number of imidazole rings is 1. The molecule has 0 aliphatic rings. The number of methoxy groups -OCH3 is 1. The monoisotopic (exact) mass is 375 g/mol. The van der Waals surface area contributed by atoms with Crippen LogP contribution >= 0.6 is 0 Å². The Labute approximate surface area is 163 Å². The van der Waals surface area contributed by atoms with Crippen LogP contribution in [0.15, 0.2) is 60.9 Å². The molecule has 0 bridgehead atoms. The fourth-order valence-electron chi connectivity index (χ4n) is 2.83. The van der Waals surface area contributed by atoms with Crippen LogP contribution in [0.25, 0.3) is 0 Å². The van der Waals surface area contributed by atoms with Gasteiger partial charge in [0, 0.05) is 25.1 Å². The molecule has 1 aromatic heterocycles. The van der Waals surface area contributed by atoms with Crippen LogP contribution in [0.4, 0.5) is 5.69 Å². The van der Waals surface area contributed by atoms with E-state index < -0.39 is 6.04 Å². The van der Waals surface area contributed by atoms with Crippen molar-refractivity contribution in [1.82, 2.24) is 14.9 Å². The Balaban J connectivity index is 1.74. The van der Waals surface area contributed by atoms with Gasteiger partial charge in [-0.25, -0.2) is 4.98 Å². The lowest BCUT2D eigenvalue weighted by molar-refractivity contribution is -0.119. The van der Waals surface area contributed by atoms with E-state index in [1.165, 1.54) is 0 Å². The smallest absolute Gasteiger partial charge is 0.240 e. The zero-order valence-corrected chi connectivity index (χ0v) is 15.7. The van der Waals surface area contributed by atoms with Gasteiger partial charge in [-0.05, 0) is 42.0 Å². The quantitative estimate of drug-likeness (QED) is 0.662. The maximum absolute atomic E-state index is 12.6. The van der Waals surface area contributed by atoms with Gasteiger partial charge in [0.2, 0.25) is 5.91 Å². The van der Waals surface area contributed by atoms with Gasteiger partial charge in [-0.1, -0.05) is 12.1 Å². The van der Waals surface area contributed by atoms with E-state index in [-0.39, 0.29) is 12.5 Å². The number of aryl methyl sites for hydroxylation is 1. The van der Waals surface area contributed by atoms with Crippen molar-refractivity contribution in [3.8, 4) is 11.8 Å². The van der Waals surface area contributed by atoms with Gasteiger partial charge in [0.05, 0.1) is 25.3 Å². The molecule has 1 amide bonds. The second-order valence-corrected chi connectivity index (χ2v) is 6.22. The number of anilines is 1. The molecule has 0 unspecified atom stereocenters. The molecule has 0 saturated carbocycles. The number of hydrogen-bond acceptors (Lipinski definition) is 5. The van der Waals surface area contributed by atoms with Gasteiger partial charge in [0.1, 0.15) is 17.6 Å².